The lowest BCUT2D eigenvalue weighted by molar-refractivity contribution is -0.144. The second-order valence-electron chi connectivity index (χ2n) is 5.97. The number of benzene rings is 1. The molecular formula is C19H25NO3S. The number of hydrogen-bond acceptors (Lipinski definition) is 4. The topological polar surface area (TPSA) is 55.4 Å². The Kier molecular flexibility index (Phi) is 7.89. The lowest BCUT2D eigenvalue weighted by atomic mass is 10.1. The van der Waals surface area contributed by atoms with Crippen molar-refractivity contribution in [3.63, 3.8) is 0 Å². The lowest BCUT2D eigenvalue weighted by Crippen LogP contribution is -2.37. The summed E-state index contributed by atoms with van der Waals surface area (Å²) < 4.78 is 5.00. The Morgan fingerprint density at radius 1 is 1.17 bits per heavy atom. The molecule has 130 valence electrons. The van der Waals surface area contributed by atoms with E-state index in [1.54, 1.807) is 17.8 Å². The molecule has 0 unspecified atom stereocenters. The fourth-order valence-electron chi connectivity index (χ4n) is 2.76. The molecule has 0 bridgehead atoms. The van der Waals surface area contributed by atoms with Gasteiger partial charge in [-0.2, -0.15) is 0 Å². The van der Waals surface area contributed by atoms with Gasteiger partial charge in [0.15, 0.2) is 6.61 Å². The van der Waals surface area contributed by atoms with Crippen LogP contribution >= 0.6 is 11.8 Å². The molecule has 1 fully saturated rings. The minimum absolute atomic E-state index is 0.215. The van der Waals surface area contributed by atoms with Crippen LogP contribution in [0.1, 0.15) is 44.1 Å². The second kappa shape index (κ2) is 10.2. The van der Waals surface area contributed by atoms with E-state index in [0.717, 1.165) is 31.2 Å². The summed E-state index contributed by atoms with van der Waals surface area (Å²) in [6, 6.07) is 8.10. The minimum atomic E-state index is -0.500. The van der Waals surface area contributed by atoms with E-state index < -0.39 is 5.97 Å². The van der Waals surface area contributed by atoms with Gasteiger partial charge >= 0.3 is 5.97 Å². The third-order valence-corrected chi connectivity index (χ3v) is 4.84. The van der Waals surface area contributed by atoms with Gasteiger partial charge in [-0.05, 0) is 42.9 Å². The number of esters is 1. The SMILES string of the molecule is CSc1ccc(C=CC(=O)OCC(=O)NC2CCCCCC2)cc1. The summed E-state index contributed by atoms with van der Waals surface area (Å²) in [5.41, 5.74) is 0.924. The molecule has 1 aliphatic carbocycles. The Balaban J connectivity index is 1.71. The van der Waals surface area contributed by atoms with E-state index in [1.807, 2.05) is 30.5 Å². The molecule has 1 saturated carbocycles. The molecule has 4 nitrogen and oxygen atoms in total. The highest BCUT2D eigenvalue weighted by atomic mass is 32.2. The van der Waals surface area contributed by atoms with Gasteiger partial charge in [-0.25, -0.2) is 4.79 Å². The first-order chi connectivity index (χ1) is 11.7. The highest BCUT2D eigenvalue weighted by Crippen LogP contribution is 2.17. The Bertz CT molecular complexity index is 560. The maximum Gasteiger partial charge on any atom is 0.331 e. The Morgan fingerprint density at radius 2 is 1.83 bits per heavy atom. The van der Waals surface area contributed by atoms with E-state index in [0.29, 0.717) is 0 Å². The number of nitrogens with one attached hydrogen (secondary N) is 1. The zero-order chi connectivity index (χ0) is 17.2. The van der Waals surface area contributed by atoms with Crippen LogP contribution < -0.4 is 5.32 Å². The zero-order valence-corrected chi connectivity index (χ0v) is 14.9. The molecule has 0 radical (unpaired) electrons. The lowest BCUT2D eigenvalue weighted by Gasteiger charge is -2.15. The third-order valence-electron chi connectivity index (χ3n) is 4.09. The number of thioether (sulfide) groups is 1. The van der Waals surface area contributed by atoms with Gasteiger partial charge in [-0.1, -0.05) is 37.8 Å². The number of hydrogen-bond donors (Lipinski definition) is 1. The van der Waals surface area contributed by atoms with Gasteiger partial charge in [-0.3, -0.25) is 4.79 Å². The van der Waals surface area contributed by atoms with Crippen LogP contribution in [0.5, 0.6) is 0 Å². The molecule has 0 atom stereocenters. The summed E-state index contributed by atoms with van der Waals surface area (Å²) >= 11 is 1.67. The normalized spacial score (nSPS) is 15.9. The van der Waals surface area contributed by atoms with E-state index in [-0.39, 0.29) is 18.6 Å². The molecule has 24 heavy (non-hydrogen) atoms. The Labute approximate surface area is 148 Å². The first-order valence-corrected chi connectivity index (χ1v) is 9.68. The van der Waals surface area contributed by atoms with Crippen molar-refractivity contribution in [2.75, 3.05) is 12.9 Å². The van der Waals surface area contributed by atoms with Crippen molar-refractivity contribution in [3.8, 4) is 0 Å². The quantitative estimate of drug-likeness (QED) is 0.368. The second-order valence-corrected chi connectivity index (χ2v) is 6.85. The molecule has 2 rings (SSSR count). The van der Waals surface area contributed by atoms with Crippen LogP contribution in [0.15, 0.2) is 35.2 Å². The van der Waals surface area contributed by atoms with Crippen molar-refractivity contribution < 1.29 is 14.3 Å². The van der Waals surface area contributed by atoms with E-state index in [4.69, 9.17) is 4.74 Å². The number of rotatable bonds is 6. The van der Waals surface area contributed by atoms with Gasteiger partial charge < -0.3 is 10.1 Å². The van der Waals surface area contributed by atoms with E-state index in [2.05, 4.69) is 5.32 Å². The van der Waals surface area contributed by atoms with Crippen LogP contribution in [0.3, 0.4) is 0 Å². The van der Waals surface area contributed by atoms with Crippen molar-refractivity contribution >= 4 is 29.7 Å². The van der Waals surface area contributed by atoms with Gasteiger partial charge in [0.1, 0.15) is 0 Å². The summed E-state index contributed by atoms with van der Waals surface area (Å²) in [6.45, 7) is -0.217. The van der Waals surface area contributed by atoms with Gasteiger partial charge in [-0.15, -0.1) is 11.8 Å². The standard InChI is InChI=1S/C19H25NO3S/c1-24-17-11-8-15(9-12-17)10-13-19(22)23-14-18(21)20-16-6-4-2-3-5-7-16/h8-13,16H,2-7,14H2,1H3,(H,20,21). The number of ether oxygens (including phenoxy) is 1. The van der Waals surface area contributed by atoms with Crippen molar-refractivity contribution in [1.29, 1.82) is 0 Å². The van der Waals surface area contributed by atoms with Crippen LogP contribution in [0.2, 0.25) is 0 Å². The van der Waals surface area contributed by atoms with E-state index in [9.17, 15) is 9.59 Å². The van der Waals surface area contributed by atoms with Crippen molar-refractivity contribution in [2.24, 2.45) is 0 Å². The zero-order valence-electron chi connectivity index (χ0n) is 14.1. The first-order valence-electron chi connectivity index (χ1n) is 8.45. The third kappa shape index (κ3) is 6.79. The molecule has 0 heterocycles. The molecule has 5 heteroatoms. The smallest absolute Gasteiger partial charge is 0.331 e. The molecule has 1 aliphatic rings. The number of amides is 1. The molecule has 0 spiro atoms. The first kappa shape index (κ1) is 18.6. The summed E-state index contributed by atoms with van der Waals surface area (Å²) in [5.74, 6) is -0.715. The summed E-state index contributed by atoms with van der Waals surface area (Å²) in [7, 11) is 0. The maximum absolute atomic E-state index is 11.9. The fourth-order valence-corrected chi connectivity index (χ4v) is 3.17. The molecule has 1 amide bonds. The minimum Gasteiger partial charge on any atom is -0.452 e. The van der Waals surface area contributed by atoms with Crippen molar-refractivity contribution in [2.45, 2.75) is 49.5 Å². The fraction of sp³-hybridized carbons (Fsp3) is 0.474. The highest BCUT2D eigenvalue weighted by molar-refractivity contribution is 7.98. The highest BCUT2D eigenvalue weighted by Gasteiger charge is 2.15. The summed E-state index contributed by atoms with van der Waals surface area (Å²) in [4.78, 5) is 24.7. The monoisotopic (exact) mass is 347 g/mol. The molecule has 1 aromatic carbocycles. The number of carbonyl (C=O) groups excluding carboxylic acids is 2. The average molecular weight is 347 g/mol. The maximum atomic E-state index is 11.9. The van der Waals surface area contributed by atoms with E-state index >= 15 is 0 Å². The Morgan fingerprint density at radius 3 is 2.46 bits per heavy atom. The van der Waals surface area contributed by atoms with Crippen LogP contribution in [0, 0.1) is 0 Å². The predicted molar refractivity (Wildman–Crippen MR) is 97.8 cm³/mol. The summed E-state index contributed by atoms with van der Waals surface area (Å²) in [6.07, 6.45) is 11.9. The van der Waals surface area contributed by atoms with Crippen LogP contribution in [0.25, 0.3) is 6.08 Å². The van der Waals surface area contributed by atoms with Crippen LogP contribution in [-0.4, -0.2) is 30.8 Å². The van der Waals surface area contributed by atoms with Crippen LogP contribution in [0.4, 0.5) is 0 Å². The number of carbonyl (C=O) groups is 2. The molecule has 0 saturated heterocycles. The molecule has 1 aromatic rings. The molecule has 1 N–H and O–H groups in total. The predicted octanol–water partition coefficient (Wildman–Crippen LogP) is 3.80. The molecular weight excluding hydrogens is 322 g/mol. The van der Waals surface area contributed by atoms with Gasteiger partial charge in [0.2, 0.25) is 0 Å². The Hall–Kier alpha value is -1.75. The van der Waals surface area contributed by atoms with E-state index in [1.165, 1.54) is 23.8 Å². The molecule has 0 aromatic heterocycles. The van der Waals surface area contributed by atoms with Gasteiger partial charge in [0.25, 0.3) is 5.91 Å². The van der Waals surface area contributed by atoms with Crippen LogP contribution in [-0.2, 0) is 14.3 Å². The van der Waals surface area contributed by atoms with Crippen molar-refractivity contribution in [3.05, 3.63) is 35.9 Å². The largest absolute Gasteiger partial charge is 0.452 e. The van der Waals surface area contributed by atoms with Crippen molar-refractivity contribution in [1.82, 2.24) is 5.32 Å². The molecule has 0 aliphatic heterocycles. The van der Waals surface area contributed by atoms with Gasteiger partial charge in [0, 0.05) is 17.0 Å². The average Bonchev–Trinajstić information content (AvgIpc) is 2.87. The van der Waals surface area contributed by atoms with Gasteiger partial charge in [0.05, 0.1) is 0 Å². The summed E-state index contributed by atoms with van der Waals surface area (Å²) in [5, 5.41) is 2.96.